The lowest BCUT2D eigenvalue weighted by molar-refractivity contribution is -0.132. The number of carbonyl (C=O) groups excluding carboxylic acids is 1. The summed E-state index contributed by atoms with van der Waals surface area (Å²) in [5.74, 6) is 0.924. The molecule has 1 amide bonds. The number of hydrogen-bond acceptors (Lipinski definition) is 3. The van der Waals surface area contributed by atoms with E-state index in [4.69, 9.17) is 0 Å². The first-order valence-electron chi connectivity index (χ1n) is 8.34. The molecule has 2 fully saturated rings. The Morgan fingerprint density at radius 1 is 1.45 bits per heavy atom. The molecule has 0 aliphatic carbocycles. The first kappa shape index (κ1) is 15.8. The van der Waals surface area contributed by atoms with Crippen LogP contribution in [-0.4, -0.2) is 50.6 Å². The van der Waals surface area contributed by atoms with Crippen molar-refractivity contribution < 1.29 is 4.79 Å². The van der Waals surface area contributed by atoms with Crippen molar-refractivity contribution in [3.05, 3.63) is 0 Å². The van der Waals surface area contributed by atoms with E-state index in [9.17, 15) is 4.79 Å². The molecule has 20 heavy (non-hydrogen) atoms. The second-order valence-corrected chi connectivity index (χ2v) is 6.79. The molecule has 2 rings (SSSR count). The summed E-state index contributed by atoms with van der Waals surface area (Å²) in [6.07, 6.45) is 6.78. The van der Waals surface area contributed by atoms with Gasteiger partial charge in [-0.1, -0.05) is 13.3 Å². The van der Waals surface area contributed by atoms with E-state index in [0.29, 0.717) is 11.8 Å². The molecule has 0 spiro atoms. The van der Waals surface area contributed by atoms with Crippen molar-refractivity contribution in [3.63, 3.8) is 0 Å². The van der Waals surface area contributed by atoms with Crippen molar-refractivity contribution in [2.24, 2.45) is 11.3 Å². The van der Waals surface area contributed by atoms with Crippen molar-refractivity contribution in [1.29, 1.82) is 0 Å². The maximum atomic E-state index is 12.7. The molecule has 0 aromatic rings. The smallest absolute Gasteiger partial charge is 0.227 e. The van der Waals surface area contributed by atoms with Gasteiger partial charge in [-0.2, -0.15) is 0 Å². The number of rotatable bonds is 5. The van der Waals surface area contributed by atoms with Gasteiger partial charge in [-0.05, 0) is 58.2 Å². The minimum absolute atomic E-state index is 0.145. The molecule has 0 aromatic carbocycles. The van der Waals surface area contributed by atoms with Crippen LogP contribution in [0.25, 0.3) is 0 Å². The third kappa shape index (κ3) is 3.95. The fraction of sp³-hybridized carbons (Fsp3) is 0.938. The average molecular weight is 281 g/mol. The van der Waals surface area contributed by atoms with Crippen LogP contribution in [0.2, 0.25) is 0 Å². The van der Waals surface area contributed by atoms with Crippen molar-refractivity contribution in [2.75, 3.05) is 39.8 Å². The molecular weight excluding hydrogens is 250 g/mol. The van der Waals surface area contributed by atoms with Gasteiger partial charge in [0.2, 0.25) is 5.91 Å². The zero-order valence-corrected chi connectivity index (χ0v) is 13.2. The molecule has 0 radical (unpaired) electrons. The third-order valence-electron chi connectivity index (χ3n) is 4.96. The SMILES string of the molecule is CCCC1(C(=O)NCC2CCCN(C)C2)CCCNC1. The molecule has 116 valence electrons. The quantitative estimate of drug-likeness (QED) is 0.805. The summed E-state index contributed by atoms with van der Waals surface area (Å²) in [6.45, 7) is 7.28. The second kappa shape index (κ2) is 7.41. The Labute approximate surface area is 123 Å². The number of likely N-dealkylation sites (tertiary alicyclic amines) is 1. The predicted octanol–water partition coefficient (Wildman–Crippen LogP) is 1.61. The highest BCUT2D eigenvalue weighted by Crippen LogP contribution is 2.32. The Morgan fingerprint density at radius 2 is 2.30 bits per heavy atom. The maximum absolute atomic E-state index is 12.7. The monoisotopic (exact) mass is 281 g/mol. The third-order valence-corrected chi connectivity index (χ3v) is 4.96. The van der Waals surface area contributed by atoms with Crippen LogP contribution in [0.5, 0.6) is 0 Å². The number of amides is 1. The molecule has 2 saturated heterocycles. The lowest BCUT2D eigenvalue weighted by Gasteiger charge is -2.37. The molecule has 0 bridgehead atoms. The van der Waals surface area contributed by atoms with Crippen LogP contribution in [-0.2, 0) is 4.79 Å². The number of piperidine rings is 2. The number of hydrogen-bond donors (Lipinski definition) is 2. The van der Waals surface area contributed by atoms with Gasteiger partial charge in [0, 0.05) is 19.6 Å². The minimum atomic E-state index is -0.145. The summed E-state index contributed by atoms with van der Waals surface area (Å²) in [5, 5.41) is 6.68. The average Bonchev–Trinajstić information content (AvgIpc) is 2.46. The van der Waals surface area contributed by atoms with Gasteiger partial charge >= 0.3 is 0 Å². The van der Waals surface area contributed by atoms with Crippen molar-refractivity contribution in [2.45, 2.75) is 45.4 Å². The first-order valence-corrected chi connectivity index (χ1v) is 8.34. The highest BCUT2D eigenvalue weighted by atomic mass is 16.2. The lowest BCUT2D eigenvalue weighted by atomic mass is 9.76. The van der Waals surface area contributed by atoms with E-state index in [2.05, 4.69) is 29.5 Å². The van der Waals surface area contributed by atoms with Crippen molar-refractivity contribution >= 4 is 5.91 Å². The molecule has 0 aromatic heterocycles. The molecule has 2 N–H and O–H groups in total. The standard InChI is InChI=1S/C16H31N3O/c1-3-7-16(8-5-9-17-13-16)15(20)18-11-14-6-4-10-19(2)12-14/h14,17H,3-13H2,1-2H3,(H,18,20). The van der Waals surface area contributed by atoms with Gasteiger partial charge < -0.3 is 15.5 Å². The largest absolute Gasteiger partial charge is 0.355 e. The van der Waals surface area contributed by atoms with E-state index in [1.165, 1.54) is 19.4 Å². The van der Waals surface area contributed by atoms with Crippen LogP contribution in [0.1, 0.15) is 45.4 Å². The summed E-state index contributed by atoms with van der Waals surface area (Å²) < 4.78 is 0. The Bertz CT molecular complexity index is 307. The van der Waals surface area contributed by atoms with Crippen LogP contribution in [0.4, 0.5) is 0 Å². The Hall–Kier alpha value is -0.610. The molecule has 2 aliphatic rings. The molecule has 2 heterocycles. The highest BCUT2D eigenvalue weighted by Gasteiger charge is 2.38. The zero-order valence-electron chi connectivity index (χ0n) is 13.2. The summed E-state index contributed by atoms with van der Waals surface area (Å²) >= 11 is 0. The molecule has 2 aliphatic heterocycles. The van der Waals surface area contributed by atoms with E-state index in [1.54, 1.807) is 0 Å². The molecule has 4 nitrogen and oxygen atoms in total. The molecule has 4 heteroatoms. The zero-order chi connectivity index (χ0) is 14.4. The predicted molar refractivity (Wildman–Crippen MR) is 82.7 cm³/mol. The Balaban J connectivity index is 1.85. The van der Waals surface area contributed by atoms with Gasteiger partial charge in [0.05, 0.1) is 5.41 Å². The molecule has 2 unspecified atom stereocenters. The molecule has 2 atom stereocenters. The van der Waals surface area contributed by atoms with E-state index >= 15 is 0 Å². The van der Waals surface area contributed by atoms with Gasteiger partial charge in [0.15, 0.2) is 0 Å². The van der Waals surface area contributed by atoms with Crippen LogP contribution in [0, 0.1) is 11.3 Å². The number of carbonyl (C=O) groups is 1. The van der Waals surface area contributed by atoms with Crippen molar-refractivity contribution in [3.8, 4) is 0 Å². The van der Waals surface area contributed by atoms with Crippen LogP contribution < -0.4 is 10.6 Å². The number of nitrogens with zero attached hydrogens (tertiary/aromatic N) is 1. The van der Waals surface area contributed by atoms with Crippen molar-refractivity contribution in [1.82, 2.24) is 15.5 Å². The molecule has 0 saturated carbocycles. The fourth-order valence-electron chi connectivity index (χ4n) is 3.83. The number of nitrogens with one attached hydrogen (secondary N) is 2. The van der Waals surface area contributed by atoms with E-state index in [-0.39, 0.29) is 5.41 Å². The van der Waals surface area contributed by atoms with Gasteiger partial charge in [-0.3, -0.25) is 4.79 Å². The van der Waals surface area contributed by atoms with Gasteiger partial charge in [-0.15, -0.1) is 0 Å². The summed E-state index contributed by atoms with van der Waals surface area (Å²) in [5.41, 5.74) is -0.145. The normalized spacial score (nSPS) is 32.0. The van der Waals surface area contributed by atoms with Crippen LogP contribution in [0.15, 0.2) is 0 Å². The second-order valence-electron chi connectivity index (χ2n) is 6.79. The Morgan fingerprint density at radius 3 is 2.95 bits per heavy atom. The van der Waals surface area contributed by atoms with Crippen LogP contribution >= 0.6 is 0 Å². The lowest BCUT2D eigenvalue weighted by Crippen LogP contribution is -2.51. The van der Waals surface area contributed by atoms with Crippen LogP contribution in [0.3, 0.4) is 0 Å². The Kier molecular flexibility index (Phi) is 5.85. The van der Waals surface area contributed by atoms with E-state index in [1.807, 2.05) is 0 Å². The first-order chi connectivity index (χ1) is 9.66. The highest BCUT2D eigenvalue weighted by molar-refractivity contribution is 5.83. The van der Waals surface area contributed by atoms with Gasteiger partial charge in [0.1, 0.15) is 0 Å². The maximum Gasteiger partial charge on any atom is 0.227 e. The minimum Gasteiger partial charge on any atom is -0.355 e. The van der Waals surface area contributed by atoms with E-state index in [0.717, 1.165) is 51.9 Å². The van der Waals surface area contributed by atoms with Gasteiger partial charge in [-0.25, -0.2) is 0 Å². The fourth-order valence-corrected chi connectivity index (χ4v) is 3.83. The summed E-state index contributed by atoms with van der Waals surface area (Å²) in [4.78, 5) is 15.0. The molecular formula is C16H31N3O. The van der Waals surface area contributed by atoms with Gasteiger partial charge in [0.25, 0.3) is 0 Å². The summed E-state index contributed by atoms with van der Waals surface area (Å²) in [7, 11) is 2.18. The van der Waals surface area contributed by atoms with E-state index < -0.39 is 0 Å². The summed E-state index contributed by atoms with van der Waals surface area (Å²) in [6, 6.07) is 0. The topological polar surface area (TPSA) is 44.4 Å².